The Hall–Kier alpha value is -0.730. The summed E-state index contributed by atoms with van der Waals surface area (Å²) in [7, 11) is 0. The van der Waals surface area contributed by atoms with Crippen LogP contribution in [0, 0.1) is 0 Å². The summed E-state index contributed by atoms with van der Waals surface area (Å²) in [6, 6.07) is 0. The van der Waals surface area contributed by atoms with Crippen molar-refractivity contribution < 1.29 is 0 Å². The zero-order chi connectivity index (χ0) is 4.41. The van der Waals surface area contributed by atoms with Gasteiger partial charge in [-0.05, 0) is 0 Å². The van der Waals surface area contributed by atoms with E-state index < -0.39 is 0 Å². The smallest absolute Gasteiger partial charge is 0.210 e. The molecule has 0 amide bonds. The van der Waals surface area contributed by atoms with Gasteiger partial charge in [-0.25, -0.2) is 0 Å². The summed E-state index contributed by atoms with van der Waals surface area (Å²) in [6.07, 6.45) is 0. The van der Waals surface area contributed by atoms with E-state index in [9.17, 15) is 0 Å². The molecule has 1 heterocycles. The monoisotopic (exact) mass is 84.1 g/mol. The van der Waals surface area contributed by atoms with Gasteiger partial charge < -0.3 is 5.32 Å². The number of hydrogen-bond donors (Lipinski definition) is 1. The molecule has 6 heavy (non-hydrogen) atoms. The lowest BCUT2D eigenvalue weighted by Crippen LogP contribution is -2.18. The van der Waals surface area contributed by atoms with Gasteiger partial charge in [-0.2, -0.15) is 0 Å². The summed E-state index contributed by atoms with van der Waals surface area (Å²) in [5.74, 6) is 0.329. The van der Waals surface area contributed by atoms with Crippen LogP contribution in [0.2, 0.25) is 0 Å². The molecule has 3 heteroatoms. The van der Waals surface area contributed by atoms with Crippen molar-refractivity contribution in [2.75, 3.05) is 13.1 Å². The van der Waals surface area contributed by atoms with Gasteiger partial charge in [0.1, 0.15) is 0 Å². The SMILES string of the molecule is [NH]C1=NCCN1. The minimum absolute atomic E-state index is 0.329. The summed E-state index contributed by atoms with van der Waals surface area (Å²) in [5.41, 5.74) is 6.77. The first-order valence-corrected chi connectivity index (χ1v) is 1.89. The predicted molar refractivity (Wildman–Crippen MR) is 23.4 cm³/mol. The van der Waals surface area contributed by atoms with Crippen molar-refractivity contribution in [1.82, 2.24) is 11.1 Å². The Morgan fingerprint density at radius 1 is 1.83 bits per heavy atom. The number of nitrogens with zero attached hydrogens (tertiary/aromatic N) is 1. The number of guanidine groups is 1. The lowest BCUT2D eigenvalue weighted by atomic mass is 10.7. The highest BCUT2D eigenvalue weighted by atomic mass is 15.1. The predicted octanol–water partition coefficient (Wildman–Crippen LogP) is -0.772. The van der Waals surface area contributed by atoms with Crippen LogP contribution < -0.4 is 11.1 Å². The summed E-state index contributed by atoms with van der Waals surface area (Å²) in [4.78, 5) is 3.71. The van der Waals surface area contributed by atoms with E-state index in [-0.39, 0.29) is 0 Å². The number of hydrogen-bond acceptors (Lipinski definition) is 2. The standard InChI is InChI=1S/C3H6N3/c4-3-5-1-2-6-3/h4H,1-2H2,(H,5,6). The Bertz CT molecular complexity index is 76.1. The highest BCUT2D eigenvalue weighted by Crippen LogP contribution is 1.76. The highest BCUT2D eigenvalue weighted by Gasteiger charge is 1.95. The number of aliphatic imine (C=N–C) groups is 1. The van der Waals surface area contributed by atoms with Crippen LogP contribution in [0.3, 0.4) is 0 Å². The Kier molecular flexibility index (Phi) is 0.670. The summed E-state index contributed by atoms with van der Waals surface area (Å²) < 4.78 is 0. The maximum atomic E-state index is 6.77. The molecule has 1 radical (unpaired) electrons. The van der Waals surface area contributed by atoms with Crippen molar-refractivity contribution in [1.29, 1.82) is 0 Å². The van der Waals surface area contributed by atoms with Crippen molar-refractivity contribution in [3.05, 3.63) is 0 Å². The molecule has 0 fully saturated rings. The molecule has 0 aliphatic carbocycles. The van der Waals surface area contributed by atoms with Crippen LogP contribution in [0.4, 0.5) is 0 Å². The van der Waals surface area contributed by atoms with Crippen LogP contribution in [0.5, 0.6) is 0 Å². The zero-order valence-corrected chi connectivity index (χ0v) is 3.36. The lowest BCUT2D eigenvalue weighted by molar-refractivity contribution is 0.956. The van der Waals surface area contributed by atoms with Gasteiger partial charge in [0.2, 0.25) is 5.96 Å². The molecule has 0 unspecified atom stereocenters. The van der Waals surface area contributed by atoms with Gasteiger partial charge in [0.05, 0.1) is 6.54 Å². The molecular weight excluding hydrogens is 78.1 g/mol. The molecule has 0 saturated heterocycles. The quantitative estimate of drug-likeness (QED) is 0.411. The van der Waals surface area contributed by atoms with E-state index >= 15 is 0 Å². The maximum absolute atomic E-state index is 6.77. The summed E-state index contributed by atoms with van der Waals surface area (Å²) in [6.45, 7) is 1.62. The topological polar surface area (TPSA) is 48.2 Å². The lowest BCUT2D eigenvalue weighted by Gasteiger charge is -1.83. The minimum Gasteiger partial charge on any atom is -0.353 e. The van der Waals surface area contributed by atoms with Crippen LogP contribution in [-0.4, -0.2) is 19.0 Å². The molecule has 1 aliphatic rings. The molecule has 1 aliphatic heterocycles. The fourth-order valence-corrected chi connectivity index (χ4v) is 0.398. The summed E-state index contributed by atoms with van der Waals surface area (Å²) >= 11 is 0. The van der Waals surface area contributed by atoms with Gasteiger partial charge in [-0.15, -0.1) is 0 Å². The van der Waals surface area contributed by atoms with E-state index in [1.807, 2.05) is 0 Å². The van der Waals surface area contributed by atoms with Gasteiger partial charge in [0, 0.05) is 6.54 Å². The zero-order valence-electron chi connectivity index (χ0n) is 3.36. The second-order valence-corrected chi connectivity index (χ2v) is 1.16. The van der Waals surface area contributed by atoms with E-state index in [1.165, 1.54) is 0 Å². The number of nitrogens with one attached hydrogen (secondary N) is 2. The first-order chi connectivity index (χ1) is 2.89. The molecule has 0 aromatic rings. The first-order valence-electron chi connectivity index (χ1n) is 1.89. The van der Waals surface area contributed by atoms with E-state index in [2.05, 4.69) is 10.3 Å². The Morgan fingerprint density at radius 3 is 2.83 bits per heavy atom. The third kappa shape index (κ3) is 0.429. The van der Waals surface area contributed by atoms with Gasteiger partial charge in [0.25, 0.3) is 0 Å². The molecular formula is C3H6N3. The van der Waals surface area contributed by atoms with E-state index in [1.54, 1.807) is 0 Å². The van der Waals surface area contributed by atoms with Gasteiger partial charge >= 0.3 is 0 Å². The molecule has 2 N–H and O–H groups in total. The fourth-order valence-electron chi connectivity index (χ4n) is 0.398. The minimum atomic E-state index is 0.329. The van der Waals surface area contributed by atoms with Crippen molar-refractivity contribution >= 4 is 5.96 Å². The van der Waals surface area contributed by atoms with Crippen molar-refractivity contribution in [3.8, 4) is 0 Å². The van der Waals surface area contributed by atoms with E-state index in [0.717, 1.165) is 13.1 Å². The van der Waals surface area contributed by atoms with Crippen LogP contribution in [0.25, 0.3) is 0 Å². The second-order valence-electron chi connectivity index (χ2n) is 1.16. The second kappa shape index (κ2) is 1.16. The van der Waals surface area contributed by atoms with E-state index in [0.29, 0.717) is 5.96 Å². The fraction of sp³-hybridized carbons (Fsp3) is 0.667. The van der Waals surface area contributed by atoms with Crippen LogP contribution in [0.1, 0.15) is 0 Å². The highest BCUT2D eigenvalue weighted by molar-refractivity contribution is 5.78. The molecule has 0 spiro atoms. The maximum Gasteiger partial charge on any atom is 0.210 e. The Labute approximate surface area is 36.2 Å². The normalized spacial score (nSPS) is 19.7. The number of rotatable bonds is 0. The van der Waals surface area contributed by atoms with Gasteiger partial charge in [0.15, 0.2) is 0 Å². The molecule has 0 aromatic carbocycles. The summed E-state index contributed by atoms with van der Waals surface area (Å²) in [5, 5.41) is 2.74. The van der Waals surface area contributed by atoms with Crippen molar-refractivity contribution in [2.45, 2.75) is 0 Å². The molecule has 0 aromatic heterocycles. The molecule has 0 saturated carbocycles. The average Bonchev–Trinajstić information content (AvgIpc) is 1.86. The van der Waals surface area contributed by atoms with Crippen molar-refractivity contribution in [3.63, 3.8) is 0 Å². The average molecular weight is 84.1 g/mol. The van der Waals surface area contributed by atoms with Crippen LogP contribution >= 0.6 is 0 Å². The molecule has 0 atom stereocenters. The Balaban J connectivity index is 2.45. The van der Waals surface area contributed by atoms with Gasteiger partial charge in [-0.3, -0.25) is 10.7 Å². The Morgan fingerprint density at radius 2 is 2.67 bits per heavy atom. The molecule has 33 valence electrons. The molecule has 1 rings (SSSR count). The van der Waals surface area contributed by atoms with Crippen LogP contribution in [-0.2, 0) is 0 Å². The van der Waals surface area contributed by atoms with Crippen molar-refractivity contribution in [2.24, 2.45) is 4.99 Å². The molecule has 3 nitrogen and oxygen atoms in total. The first kappa shape index (κ1) is 3.46. The third-order valence-corrected chi connectivity index (χ3v) is 0.674. The largest absolute Gasteiger partial charge is 0.353 e. The van der Waals surface area contributed by atoms with Gasteiger partial charge in [-0.1, -0.05) is 0 Å². The van der Waals surface area contributed by atoms with E-state index in [4.69, 9.17) is 5.73 Å². The third-order valence-electron chi connectivity index (χ3n) is 0.674. The molecule has 0 bridgehead atoms. The van der Waals surface area contributed by atoms with Crippen LogP contribution in [0.15, 0.2) is 4.99 Å².